The van der Waals surface area contributed by atoms with Gasteiger partial charge in [0, 0.05) is 12.7 Å². The molecule has 6 nitrogen and oxygen atoms in total. The Bertz CT molecular complexity index is 710. The summed E-state index contributed by atoms with van der Waals surface area (Å²) in [5.74, 6) is 0. The first-order valence-electron chi connectivity index (χ1n) is 6.45. The summed E-state index contributed by atoms with van der Waals surface area (Å²) in [5.41, 5.74) is 9.66. The molecule has 102 valence electrons. The highest BCUT2D eigenvalue weighted by Crippen LogP contribution is 2.28. The summed E-state index contributed by atoms with van der Waals surface area (Å²) in [7, 11) is 0. The lowest BCUT2D eigenvalue weighted by Crippen LogP contribution is -2.23. The number of fused-ring (bicyclic) bond motifs is 1. The second-order valence-electron chi connectivity index (χ2n) is 4.47. The number of hydrogen-bond acceptors (Lipinski definition) is 6. The Labute approximate surface area is 116 Å². The molecule has 2 aromatic heterocycles. The Morgan fingerprint density at radius 2 is 2.00 bits per heavy atom. The van der Waals surface area contributed by atoms with E-state index in [0.717, 1.165) is 17.9 Å². The molecule has 0 saturated carbocycles. The molecular weight excluding hydrogens is 254 g/mol. The topological polar surface area (TPSA) is 81.1 Å². The Balaban J connectivity index is 1.99. The van der Waals surface area contributed by atoms with E-state index in [-0.39, 0.29) is 0 Å². The molecule has 1 aromatic carbocycles. The molecule has 0 fully saturated rings. The number of aromatic nitrogens is 3. The fourth-order valence-corrected chi connectivity index (χ4v) is 2.18. The molecule has 0 bridgehead atoms. The number of pyridine rings is 1. The van der Waals surface area contributed by atoms with Crippen LogP contribution in [-0.4, -0.2) is 21.8 Å². The maximum Gasteiger partial charge on any atom is 0.160 e. The van der Waals surface area contributed by atoms with E-state index in [1.165, 1.54) is 0 Å². The quantitative estimate of drug-likeness (QED) is 0.731. The number of nitrogens with two attached hydrogens (primary N) is 1. The summed E-state index contributed by atoms with van der Waals surface area (Å²) >= 11 is 0. The predicted octanol–water partition coefficient (Wildman–Crippen LogP) is 2.23. The molecule has 0 saturated heterocycles. The standard InChI is InChI=1S/C14H15N5O/c1-2-19(9-10-5-3-4-8-16-10)12-7-6-11(15)13-14(12)18-20-17-13/h3-8H,2,9,15H2,1H3. The summed E-state index contributed by atoms with van der Waals surface area (Å²) in [4.78, 5) is 6.51. The van der Waals surface area contributed by atoms with Crippen molar-refractivity contribution in [3.63, 3.8) is 0 Å². The van der Waals surface area contributed by atoms with Crippen LogP contribution < -0.4 is 10.6 Å². The summed E-state index contributed by atoms with van der Waals surface area (Å²) in [6, 6.07) is 9.64. The Hall–Kier alpha value is -2.63. The number of nitrogens with zero attached hydrogens (tertiary/aromatic N) is 4. The van der Waals surface area contributed by atoms with E-state index in [0.29, 0.717) is 23.3 Å². The third kappa shape index (κ3) is 2.16. The van der Waals surface area contributed by atoms with Crippen LogP contribution in [0.4, 0.5) is 11.4 Å². The fourth-order valence-electron chi connectivity index (χ4n) is 2.18. The Morgan fingerprint density at radius 1 is 1.15 bits per heavy atom. The maximum atomic E-state index is 5.87. The lowest BCUT2D eigenvalue weighted by atomic mass is 10.2. The Kier molecular flexibility index (Phi) is 3.20. The minimum Gasteiger partial charge on any atom is -0.397 e. The van der Waals surface area contributed by atoms with E-state index in [2.05, 4.69) is 27.1 Å². The van der Waals surface area contributed by atoms with Gasteiger partial charge in [-0.15, -0.1) is 0 Å². The van der Waals surface area contributed by atoms with E-state index in [1.54, 1.807) is 6.20 Å². The molecule has 2 N–H and O–H groups in total. The first-order chi connectivity index (χ1) is 9.79. The van der Waals surface area contributed by atoms with Gasteiger partial charge >= 0.3 is 0 Å². The number of hydrogen-bond donors (Lipinski definition) is 1. The maximum absolute atomic E-state index is 5.87. The van der Waals surface area contributed by atoms with Crippen molar-refractivity contribution < 1.29 is 4.63 Å². The zero-order valence-corrected chi connectivity index (χ0v) is 11.2. The number of nitrogen functional groups attached to an aromatic ring is 1. The minimum atomic E-state index is 0.568. The largest absolute Gasteiger partial charge is 0.397 e. The summed E-state index contributed by atoms with van der Waals surface area (Å²) in [6.07, 6.45) is 1.79. The fraction of sp³-hybridized carbons (Fsp3) is 0.214. The third-order valence-corrected chi connectivity index (χ3v) is 3.23. The minimum absolute atomic E-state index is 0.568. The monoisotopic (exact) mass is 269 g/mol. The van der Waals surface area contributed by atoms with Crippen LogP contribution in [0.15, 0.2) is 41.2 Å². The van der Waals surface area contributed by atoms with Gasteiger partial charge in [-0.2, -0.15) is 0 Å². The van der Waals surface area contributed by atoms with Crippen LogP contribution in [0.1, 0.15) is 12.6 Å². The van der Waals surface area contributed by atoms with Crippen LogP contribution in [0.3, 0.4) is 0 Å². The van der Waals surface area contributed by atoms with Crippen molar-refractivity contribution in [2.45, 2.75) is 13.5 Å². The molecule has 3 aromatic rings. The van der Waals surface area contributed by atoms with Gasteiger partial charge in [-0.3, -0.25) is 4.98 Å². The molecule has 3 rings (SSSR count). The van der Waals surface area contributed by atoms with Crippen LogP contribution in [0.5, 0.6) is 0 Å². The molecule has 0 atom stereocenters. The van der Waals surface area contributed by atoms with Crippen molar-refractivity contribution in [2.75, 3.05) is 17.2 Å². The van der Waals surface area contributed by atoms with Crippen molar-refractivity contribution >= 4 is 22.4 Å². The highest BCUT2D eigenvalue weighted by Gasteiger charge is 2.15. The molecule has 0 radical (unpaired) electrons. The first kappa shape index (κ1) is 12.4. The van der Waals surface area contributed by atoms with Crippen molar-refractivity contribution in [3.05, 3.63) is 42.2 Å². The zero-order valence-electron chi connectivity index (χ0n) is 11.2. The SMILES string of the molecule is CCN(Cc1ccccn1)c1ccc(N)c2nonc12. The van der Waals surface area contributed by atoms with Crippen molar-refractivity contribution in [3.8, 4) is 0 Å². The molecule has 6 heteroatoms. The lowest BCUT2D eigenvalue weighted by molar-refractivity contribution is 0.315. The highest BCUT2D eigenvalue weighted by molar-refractivity contribution is 5.95. The van der Waals surface area contributed by atoms with Crippen LogP contribution in [-0.2, 0) is 6.54 Å². The molecule has 0 aliphatic carbocycles. The molecule has 0 aliphatic rings. The summed E-state index contributed by atoms with van der Waals surface area (Å²) < 4.78 is 4.81. The smallest absolute Gasteiger partial charge is 0.160 e. The van der Waals surface area contributed by atoms with Gasteiger partial charge in [0.15, 0.2) is 11.0 Å². The van der Waals surface area contributed by atoms with Gasteiger partial charge in [0.1, 0.15) is 0 Å². The number of anilines is 2. The third-order valence-electron chi connectivity index (χ3n) is 3.23. The van der Waals surface area contributed by atoms with Gasteiger partial charge in [-0.25, -0.2) is 4.63 Å². The lowest BCUT2D eigenvalue weighted by Gasteiger charge is -2.22. The molecule has 2 heterocycles. The second kappa shape index (κ2) is 5.16. The molecule has 0 aliphatic heterocycles. The van der Waals surface area contributed by atoms with E-state index in [9.17, 15) is 0 Å². The summed E-state index contributed by atoms with van der Waals surface area (Å²) in [5, 5.41) is 7.81. The van der Waals surface area contributed by atoms with Gasteiger partial charge in [-0.05, 0) is 41.5 Å². The summed E-state index contributed by atoms with van der Waals surface area (Å²) in [6.45, 7) is 3.60. The average molecular weight is 269 g/mol. The van der Waals surface area contributed by atoms with Crippen LogP contribution in [0.2, 0.25) is 0 Å². The second-order valence-corrected chi connectivity index (χ2v) is 4.47. The van der Waals surface area contributed by atoms with E-state index in [1.807, 2.05) is 30.3 Å². The van der Waals surface area contributed by atoms with Gasteiger partial charge in [-0.1, -0.05) is 6.07 Å². The molecule has 0 amide bonds. The van der Waals surface area contributed by atoms with Crippen LogP contribution in [0, 0.1) is 0 Å². The molecular formula is C14H15N5O. The van der Waals surface area contributed by atoms with E-state index in [4.69, 9.17) is 10.4 Å². The van der Waals surface area contributed by atoms with Gasteiger partial charge in [0.05, 0.1) is 23.6 Å². The van der Waals surface area contributed by atoms with Gasteiger partial charge in [0.25, 0.3) is 0 Å². The van der Waals surface area contributed by atoms with Crippen molar-refractivity contribution in [1.29, 1.82) is 0 Å². The number of rotatable bonds is 4. The van der Waals surface area contributed by atoms with Gasteiger partial charge in [0.2, 0.25) is 0 Å². The van der Waals surface area contributed by atoms with E-state index < -0.39 is 0 Å². The first-order valence-corrected chi connectivity index (χ1v) is 6.45. The predicted molar refractivity (Wildman–Crippen MR) is 77.2 cm³/mol. The van der Waals surface area contributed by atoms with Crippen LogP contribution >= 0.6 is 0 Å². The van der Waals surface area contributed by atoms with Gasteiger partial charge < -0.3 is 10.6 Å². The van der Waals surface area contributed by atoms with Crippen molar-refractivity contribution in [1.82, 2.24) is 15.3 Å². The number of benzene rings is 1. The Morgan fingerprint density at radius 3 is 2.75 bits per heavy atom. The zero-order chi connectivity index (χ0) is 13.9. The normalized spacial score (nSPS) is 10.8. The van der Waals surface area contributed by atoms with E-state index >= 15 is 0 Å². The molecule has 20 heavy (non-hydrogen) atoms. The molecule has 0 spiro atoms. The highest BCUT2D eigenvalue weighted by atomic mass is 16.6. The van der Waals surface area contributed by atoms with Crippen LogP contribution in [0.25, 0.3) is 11.0 Å². The van der Waals surface area contributed by atoms with Crippen molar-refractivity contribution in [2.24, 2.45) is 0 Å². The average Bonchev–Trinajstić information content (AvgIpc) is 2.97. The molecule has 0 unspecified atom stereocenters.